The highest BCUT2D eigenvalue weighted by atomic mass is 32.1. The minimum absolute atomic E-state index is 0.0213. The Balaban J connectivity index is 1.67. The summed E-state index contributed by atoms with van der Waals surface area (Å²) < 4.78 is 3.69. The van der Waals surface area contributed by atoms with E-state index in [-0.39, 0.29) is 5.41 Å². The lowest BCUT2D eigenvalue weighted by atomic mass is 9.82. The van der Waals surface area contributed by atoms with Crippen LogP contribution in [0.3, 0.4) is 0 Å². The van der Waals surface area contributed by atoms with Gasteiger partial charge in [0.05, 0.1) is 16.7 Å². The lowest BCUT2D eigenvalue weighted by molar-refractivity contribution is 0.590. The Labute approximate surface area is 245 Å². The molecule has 2 heterocycles. The molecule has 3 heteroatoms. The summed E-state index contributed by atoms with van der Waals surface area (Å²) in [5.41, 5.74) is 11.8. The Morgan fingerprint density at radius 3 is 1.90 bits per heavy atom. The van der Waals surface area contributed by atoms with Crippen molar-refractivity contribution < 1.29 is 0 Å². The van der Waals surface area contributed by atoms with E-state index >= 15 is 0 Å². The molecule has 5 aromatic carbocycles. The third-order valence-electron chi connectivity index (χ3n) is 7.90. The highest BCUT2D eigenvalue weighted by molar-refractivity contribution is 7.17. The first-order valence-corrected chi connectivity index (χ1v) is 15.0. The fourth-order valence-corrected chi connectivity index (χ4v) is 6.65. The van der Waals surface area contributed by atoms with Gasteiger partial charge in [0.1, 0.15) is 5.82 Å². The maximum atomic E-state index is 5.32. The standard InChI is InChI=1S/C38H32N2S/c1-25-19-20-35-31(21-25)32(24-41-35)37-39-33-17-11-12-18-34(33)40(37)36-29(26-13-7-5-8-14-26)22-28(38(2,3)4)23-30(36)27-15-9-6-10-16-27/h5-24H,1-4H3. The van der Waals surface area contributed by atoms with Crippen LogP contribution < -0.4 is 0 Å². The molecular weight excluding hydrogens is 516 g/mol. The molecule has 2 aromatic heterocycles. The minimum Gasteiger partial charge on any atom is -0.291 e. The molecule has 7 aromatic rings. The van der Waals surface area contributed by atoms with Crippen LogP contribution in [0, 0.1) is 6.92 Å². The maximum absolute atomic E-state index is 5.32. The summed E-state index contributed by atoms with van der Waals surface area (Å²) in [6.07, 6.45) is 0. The Morgan fingerprint density at radius 1 is 0.659 bits per heavy atom. The van der Waals surface area contributed by atoms with E-state index in [1.165, 1.54) is 49.0 Å². The van der Waals surface area contributed by atoms with Crippen LogP contribution in [0.2, 0.25) is 0 Å². The predicted octanol–water partition coefficient (Wildman–Crippen LogP) is 10.8. The average molecular weight is 549 g/mol. The summed E-state index contributed by atoms with van der Waals surface area (Å²) in [4.78, 5) is 5.32. The monoisotopic (exact) mass is 548 g/mol. The van der Waals surface area contributed by atoms with Crippen LogP contribution >= 0.6 is 11.3 Å². The summed E-state index contributed by atoms with van der Waals surface area (Å²) in [5.74, 6) is 0.973. The molecule has 2 nitrogen and oxygen atoms in total. The van der Waals surface area contributed by atoms with Gasteiger partial charge in [-0.3, -0.25) is 4.57 Å². The van der Waals surface area contributed by atoms with Crippen molar-refractivity contribution in [2.75, 3.05) is 0 Å². The fraction of sp³-hybridized carbons (Fsp3) is 0.132. The van der Waals surface area contributed by atoms with Gasteiger partial charge in [0.15, 0.2) is 0 Å². The van der Waals surface area contributed by atoms with Gasteiger partial charge in [-0.05, 0) is 65.4 Å². The molecule has 200 valence electrons. The van der Waals surface area contributed by atoms with E-state index in [4.69, 9.17) is 4.98 Å². The van der Waals surface area contributed by atoms with Crippen LogP contribution in [-0.2, 0) is 5.41 Å². The largest absolute Gasteiger partial charge is 0.291 e. The van der Waals surface area contributed by atoms with Gasteiger partial charge in [-0.2, -0.15) is 0 Å². The molecule has 7 rings (SSSR count). The number of fused-ring (bicyclic) bond motifs is 2. The van der Waals surface area contributed by atoms with Crippen LogP contribution in [0.5, 0.6) is 0 Å². The zero-order valence-corrected chi connectivity index (χ0v) is 24.7. The van der Waals surface area contributed by atoms with Crippen molar-refractivity contribution in [3.05, 3.63) is 132 Å². The van der Waals surface area contributed by atoms with E-state index in [0.29, 0.717) is 0 Å². The summed E-state index contributed by atoms with van der Waals surface area (Å²) >= 11 is 1.78. The van der Waals surface area contributed by atoms with Crippen LogP contribution in [0.25, 0.3) is 60.4 Å². The molecule has 0 spiro atoms. The molecule has 0 fully saturated rings. The van der Waals surface area contributed by atoms with Crippen molar-refractivity contribution in [1.29, 1.82) is 0 Å². The third-order valence-corrected chi connectivity index (χ3v) is 8.86. The molecule has 0 bridgehead atoms. The minimum atomic E-state index is -0.0213. The van der Waals surface area contributed by atoms with Gasteiger partial charge in [-0.25, -0.2) is 4.98 Å². The molecular formula is C38H32N2S. The first kappa shape index (κ1) is 25.5. The number of imidazole rings is 1. The van der Waals surface area contributed by atoms with Crippen molar-refractivity contribution >= 4 is 32.5 Å². The molecule has 0 aliphatic rings. The van der Waals surface area contributed by atoms with Crippen LogP contribution in [-0.4, -0.2) is 9.55 Å². The van der Waals surface area contributed by atoms with Gasteiger partial charge in [0.2, 0.25) is 0 Å². The zero-order chi connectivity index (χ0) is 28.1. The second-order valence-electron chi connectivity index (χ2n) is 11.8. The van der Waals surface area contributed by atoms with Gasteiger partial charge in [0.25, 0.3) is 0 Å². The topological polar surface area (TPSA) is 17.8 Å². The summed E-state index contributed by atoms with van der Waals surface area (Å²) in [5, 5.41) is 3.52. The van der Waals surface area contributed by atoms with Crippen molar-refractivity contribution in [3.63, 3.8) is 0 Å². The van der Waals surface area contributed by atoms with Crippen LogP contribution in [0.1, 0.15) is 31.9 Å². The van der Waals surface area contributed by atoms with Crippen LogP contribution in [0.4, 0.5) is 0 Å². The molecule has 0 unspecified atom stereocenters. The summed E-state index contributed by atoms with van der Waals surface area (Å²) in [7, 11) is 0. The second kappa shape index (κ2) is 9.87. The van der Waals surface area contributed by atoms with Crippen molar-refractivity contribution in [2.24, 2.45) is 0 Å². The number of hydrogen-bond donors (Lipinski definition) is 0. The number of rotatable bonds is 4. The number of para-hydroxylation sites is 2. The molecule has 0 N–H and O–H groups in total. The first-order chi connectivity index (χ1) is 19.9. The molecule has 0 saturated heterocycles. The summed E-state index contributed by atoms with van der Waals surface area (Å²) in [6, 6.07) is 41.6. The maximum Gasteiger partial charge on any atom is 0.147 e. The quantitative estimate of drug-likeness (QED) is 0.214. The van der Waals surface area contributed by atoms with E-state index in [0.717, 1.165) is 22.5 Å². The lowest BCUT2D eigenvalue weighted by Crippen LogP contribution is -2.13. The smallest absolute Gasteiger partial charge is 0.147 e. The van der Waals surface area contributed by atoms with E-state index in [9.17, 15) is 0 Å². The normalized spacial score (nSPS) is 11.9. The van der Waals surface area contributed by atoms with Crippen molar-refractivity contribution in [3.8, 4) is 39.3 Å². The Hall–Kier alpha value is -4.47. The zero-order valence-electron chi connectivity index (χ0n) is 23.8. The number of hydrogen-bond acceptors (Lipinski definition) is 2. The lowest BCUT2D eigenvalue weighted by Gasteiger charge is -2.26. The Morgan fingerprint density at radius 2 is 1.27 bits per heavy atom. The number of benzene rings is 5. The molecule has 0 amide bonds. The Kier molecular flexibility index (Phi) is 6.13. The average Bonchev–Trinajstić information content (AvgIpc) is 3.58. The molecule has 0 aliphatic heterocycles. The number of aryl methyl sites for hydroxylation is 1. The fourth-order valence-electron chi connectivity index (χ4n) is 5.73. The van der Waals surface area contributed by atoms with E-state index in [2.05, 4.69) is 153 Å². The van der Waals surface area contributed by atoms with Crippen LogP contribution in [0.15, 0.2) is 121 Å². The Bertz CT molecular complexity index is 1960. The SMILES string of the molecule is Cc1ccc2scc(-c3nc4ccccc4n3-c3c(-c4ccccc4)cc(C(C)(C)C)cc3-c3ccccc3)c2c1. The van der Waals surface area contributed by atoms with Crippen molar-refractivity contribution in [2.45, 2.75) is 33.1 Å². The highest BCUT2D eigenvalue weighted by Crippen LogP contribution is 2.44. The number of aromatic nitrogens is 2. The molecule has 0 radical (unpaired) electrons. The van der Waals surface area contributed by atoms with Gasteiger partial charge < -0.3 is 0 Å². The van der Waals surface area contributed by atoms with Crippen molar-refractivity contribution in [1.82, 2.24) is 9.55 Å². The first-order valence-electron chi connectivity index (χ1n) is 14.1. The molecule has 0 saturated carbocycles. The van der Waals surface area contributed by atoms with Gasteiger partial charge >= 0.3 is 0 Å². The van der Waals surface area contributed by atoms with E-state index in [1.807, 2.05) is 0 Å². The van der Waals surface area contributed by atoms with E-state index < -0.39 is 0 Å². The number of thiophene rings is 1. The molecule has 41 heavy (non-hydrogen) atoms. The highest BCUT2D eigenvalue weighted by Gasteiger charge is 2.26. The predicted molar refractivity (Wildman–Crippen MR) is 176 cm³/mol. The van der Waals surface area contributed by atoms with E-state index in [1.54, 1.807) is 11.3 Å². The van der Waals surface area contributed by atoms with Gasteiger partial charge in [-0.15, -0.1) is 11.3 Å². The molecule has 0 aliphatic carbocycles. The second-order valence-corrected chi connectivity index (χ2v) is 12.7. The third kappa shape index (κ3) is 4.47. The van der Waals surface area contributed by atoms with Gasteiger partial charge in [-0.1, -0.05) is 105 Å². The summed E-state index contributed by atoms with van der Waals surface area (Å²) in [6.45, 7) is 9.05. The molecule has 0 atom stereocenters. The van der Waals surface area contributed by atoms with Gasteiger partial charge in [0, 0.05) is 32.2 Å². The number of nitrogens with zero attached hydrogens (tertiary/aromatic N) is 2.